The van der Waals surface area contributed by atoms with E-state index >= 15 is 0 Å². The lowest BCUT2D eigenvalue weighted by Gasteiger charge is -2.40. The smallest absolute Gasteiger partial charge is 0.353 e. The van der Waals surface area contributed by atoms with Crippen LogP contribution in [0.5, 0.6) is 0 Å². The lowest BCUT2D eigenvalue weighted by atomic mass is 9.77. The Morgan fingerprint density at radius 2 is 2.00 bits per heavy atom. The second-order valence-electron chi connectivity index (χ2n) is 5.79. The van der Waals surface area contributed by atoms with Gasteiger partial charge in [-0.05, 0) is 19.3 Å². The molecule has 0 aromatic rings. The van der Waals surface area contributed by atoms with Crippen LogP contribution in [-0.2, 0) is 9.59 Å². The topological polar surface area (TPSA) is 49.4 Å². The molecule has 4 nitrogen and oxygen atoms in total. The summed E-state index contributed by atoms with van der Waals surface area (Å²) < 4.78 is 39.4. The predicted octanol–water partition coefficient (Wildman–Crippen LogP) is 2.09. The van der Waals surface area contributed by atoms with Crippen LogP contribution in [0.4, 0.5) is 13.2 Å². The van der Waals surface area contributed by atoms with Crippen molar-refractivity contribution in [1.29, 1.82) is 0 Å². The molecule has 1 saturated carbocycles. The van der Waals surface area contributed by atoms with Gasteiger partial charge in [0.15, 0.2) is 0 Å². The highest BCUT2D eigenvalue weighted by Gasteiger charge is 2.50. The SMILES string of the molecule is CCC1C(=O)NCCN1C(=O)C1CCCCC1C(F)(F)F. The van der Waals surface area contributed by atoms with Crippen LogP contribution in [0.25, 0.3) is 0 Å². The number of hydrogen-bond acceptors (Lipinski definition) is 2. The maximum Gasteiger partial charge on any atom is 0.392 e. The summed E-state index contributed by atoms with van der Waals surface area (Å²) in [7, 11) is 0. The van der Waals surface area contributed by atoms with Gasteiger partial charge in [0, 0.05) is 19.0 Å². The first-order valence-electron chi connectivity index (χ1n) is 7.51. The number of alkyl halides is 3. The molecule has 0 aromatic carbocycles. The van der Waals surface area contributed by atoms with E-state index in [0.717, 1.165) is 0 Å². The molecule has 3 unspecified atom stereocenters. The highest BCUT2D eigenvalue weighted by atomic mass is 19.4. The third kappa shape index (κ3) is 3.32. The first kappa shape index (κ1) is 16.1. The fourth-order valence-electron chi connectivity index (χ4n) is 3.42. The lowest BCUT2D eigenvalue weighted by Crippen LogP contribution is -2.59. The standard InChI is InChI=1S/C14H21F3N2O2/c1-2-11-12(20)18-7-8-19(11)13(21)9-5-3-4-6-10(9)14(15,16)17/h9-11H,2-8H2,1H3,(H,18,20). The number of nitrogens with one attached hydrogen (secondary N) is 1. The summed E-state index contributed by atoms with van der Waals surface area (Å²) in [6, 6.07) is -0.637. The summed E-state index contributed by atoms with van der Waals surface area (Å²) in [6.45, 7) is 2.37. The molecule has 1 N–H and O–H groups in total. The Labute approximate surface area is 122 Å². The van der Waals surface area contributed by atoms with Crippen molar-refractivity contribution in [3.8, 4) is 0 Å². The minimum absolute atomic E-state index is 0.0106. The number of carbonyl (C=O) groups is 2. The molecule has 2 aliphatic rings. The summed E-state index contributed by atoms with van der Waals surface area (Å²) >= 11 is 0. The Kier molecular flexibility index (Phi) is 4.78. The van der Waals surface area contributed by atoms with Gasteiger partial charge in [-0.2, -0.15) is 13.2 Å². The van der Waals surface area contributed by atoms with Gasteiger partial charge in [-0.25, -0.2) is 0 Å². The van der Waals surface area contributed by atoms with Gasteiger partial charge in [-0.15, -0.1) is 0 Å². The minimum atomic E-state index is -4.35. The van der Waals surface area contributed by atoms with Crippen LogP contribution >= 0.6 is 0 Å². The minimum Gasteiger partial charge on any atom is -0.353 e. The molecule has 7 heteroatoms. The van der Waals surface area contributed by atoms with Crippen molar-refractivity contribution in [1.82, 2.24) is 10.2 Å². The van der Waals surface area contributed by atoms with Crippen LogP contribution in [0.3, 0.4) is 0 Å². The van der Waals surface area contributed by atoms with Crippen molar-refractivity contribution in [3.05, 3.63) is 0 Å². The van der Waals surface area contributed by atoms with Crippen LogP contribution in [-0.4, -0.2) is 42.0 Å². The molecule has 3 atom stereocenters. The molecule has 1 aliphatic carbocycles. The number of hydrogen-bond donors (Lipinski definition) is 1. The van der Waals surface area contributed by atoms with Gasteiger partial charge in [-0.3, -0.25) is 9.59 Å². The van der Waals surface area contributed by atoms with E-state index in [4.69, 9.17) is 0 Å². The maximum absolute atomic E-state index is 13.1. The molecule has 0 radical (unpaired) electrons. The molecule has 0 bridgehead atoms. The number of piperazine rings is 1. The summed E-state index contributed by atoms with van der Waals surface area (Å²) in [5.41, 5.74) is 0. The molecule has 0 aromatic heterocycles. The van der Waals surface area contributed by atoms with Crippen LogP contribution in [0.15, 0.2) is 0 Å². The highest BCUT2D eigenvalue weighted by molar-refractivity contribution is 5.89. The van der Waals surface area contributed by atoms with Gasteiger partial charge in [0.2, 0.25) is 11.8 Å². The first-order valence-corrected chi connectivity index (χ1v) is 7.51. The van der Waals surface area contributed by atoms with Crippen molar-refractivity contribution in [2.75, 3.05) is 13.1 Å². The average Bonchev–Trinajstić information content (AvgIpc) is 2.45. The van der Waals surface area contributed by atoms with Crippen LogP contribution in [0.1, 0.15) is 39.0 Å². The molecule has 0 spiro atoms. The van der Waals surface area contributed by atoms with E-state index in [1.807, 2.05) is 0 Å². The zero-order chi connectivity index (χ0) is 15.6. The largest absolute Gasteiger partial charge is 0.392 e. The number of nitrogens with zero attached hydrogens (tertiary/aromatic N) is 1. The van der Waals surface area contributed by atoms with E-state index in [2.05, 4.69) is 5.32 Å². The fraction of sp³-hybridized carbons (Fsp3) is 0.857. The predicted molar refractivity (Wildman–Crippen MR) is 70.3 cm³/mol. The molecule has 2 fully saturated rings. The van der Waals surface area contributed by atoms with E-state index in [1.165, 1.54) is 4.90 Å². The third-order valence-electron chi connectivity index (χ3n) is 4.50. The zero-order valence-corrected chi connectivity index (χ0v) is 12.1. The molecular weight excluding hydrogens is 285 g/mol. The number of rotatable bonds is 2. The number of amides is 2. The summed E-state index contributed by atoms with van der Waals surface area (Å²) in [5.74, 6) is -3.37. The molecule has 1 aliphatic heterocycles. The molecule has 2 rings (SSSR count). The van der Waals surface area contributed by atoms with Crippen LogP contribution in [0, 0.1) is 11.8 Å². The van der Waals surface area contributed by atoms with Gasteiger partial charge in [0.05, 0.1) is 5.92 Å². The third-order valence-corrected chi connectivity index (χ3v) is 4.50. The molecule has 21 heavy (non-hydrogen) atoms. The Bertz CT molecular complexity index is 412. The van der Waals surface area contributed by atoms with Gasteiger partial charge in [-0.1, -0.05) is 19.8 Å². The average molecular weight is 306 g/mol. The van der Waals surface area contributed by atoms with E-state index in [1.54, 1.807) is 6.92 Å². The van der Waals surface area contributed by atoms with Crippen molar-refractivity contribution < 1.29 is 22.8 Å². The van der Waals surface area contributed by atoms with Crippen molar-refractivity contribution in [2.45, 2.75) is 51.2 Å². The summed E-state index contributed by atoms with van der Waals surface area (Å²) in [6.07, 6.45) is -2.51. The Hall–Kier alpha value is -1.27. The normalized spacial score (nSPS) is 31.0. The second kappa shape index (κ2) is 6.23. The Balaban J connectivity index is 2.18. The Morgan fingerprint density at radius 1 is 1.33 bits per heavy atom. The van der Waals surface area contributed by atoms with E-state index in [0.29, 0.717) is 32.4 Å². The second-order valence-corrected chi connectivity index (χ2v) is 5.79. The van der Waals surface area contributed by atoms with Crippen LogP contribution in [0.2, 0.25) is 0 Å². The van der Waals surface area contributed by atoms with Gasteiger partial charge < -0.3 is 10.2 Å². The number of halogens is 3. The maximum atomic E-state index is 13.1. The lowest BCUT2D eigenvalue weighted by molar-refractivity contribution is -0.201. The number of carbonyl (C=O) groups excluding carboxylic acids is 2. The summed E-state index contributed by atoms with van der Waals surface area (Å²) in [5, 5.41) is 2.66. The van der Waals surface area contributed by atoms with E-state index < -0.39 is 30.0 Å². The molecule has 1 saturated heterocycles. The quantitative estimate of drug-likeness (QED) is 0.849. The zero-order valence-electron chi connectivity index (χ0n) is 12.1. The van der Waals surface area contributed by atoms with Crippen LogP contribution < -0.4 is 5.32 Å². The van der Waals surface area contributed by atoms with Gasteiger partial charge in [0.1, 0.15) is 6.04 Å². The molecule has 1 heterocycles. The van der Waals surface area contributed by atoms with Gasteiger partial charge >= 0.3 is 6.18 Å². The molecule has 120 valence electrons. The monoisotopic (exact) mass is 306 g/mol. The highest BCUT2D eigenvalue weighted by Crippen LogP contribution is 2.42. The molecule has 2 amide bonds. The van der Waals surface area contributed by atoms with Crippen molar-refractivity contribution in [3.63, 3.8) is 0 Å². The van der Waals surface area contributed by atoms with Crippen molar-refractivity contribution >= 4 is 11.8 Å². The Morgan fingerprint density at radius 3 is 2.62 bits per heavy atom. The summed E-state index contributed by atoms with van der Waals surface area (Å²) in [4.78, 5) is 25.7. The van der Waals surface area contributed by atoms with Crippen molar-refractivity contribution in [2.24, 2.45) is 11.8 Å². The van der Waals surface area contributed by atoms with E-state index in [-0.39, 0.29) is 18.7 Å². The molecular formula is C14H21F3N2O2. The van der Waals surface area contributed by atoms with Gasteiger partial charge in [0.25, 0.3) is 0 Å². The fourth-order valence-corrected chi connectivity index (χ4v) is 3.42. The van der Waals surface area contributed by atoms with E-state index in [9.17, 15) is 22.8 Å². The first-order chi connectivity index (χ1) is 9.86.